The summed E-state index contributed by atoms with van der Waals surface area (Å²) in [4.78, 5) is 19.3. The van der Waals surface area contributed by atoms with Crippen LogP contribution in [0.4, 0.5) is 4.79 Å². The van der Waals surface area contributed by atoms with E-state index in [9.17, 15) is 13.2 Å². The van der Waals surface area contributed by atoms with Crippen LogP contribution in [0, 0.1) is 0 Å². The van der Waals surface area contributed by atoms with Crippen LogP contribution in [0.1, 0.15) is 18.9 Å². The van der Waals surface area contributed by atoms with Crippen molar-refractivity contribution in [3.63, 3.8) is 0 Å². The standard InChI is InChI=1S/C24H40N6O4S/c1-3-22(23-20-27(17-18-34-23)19-21-7-5-4-6-8-21)25-24(31)28-11-15-30(16-12-28)35(32,33)29-13-9-26(2)10-14-29/h4-8,22-23H,3,9-20H2,1-2H3,(H,25,31). The lowest BCUT2D eigenvalue weighted by Crippen LogP contribution is -2.60. The van der Waals surface area contributed by atoms with Gasteiger partial charge in [0.1, 0.15) is 0 Å². The number of hydrogen-bond acceptors (Lipinski definition) is 6. The number of ether oxygens (including phenoxy) is 1. The molecule has 3 fully saturated rings. The number of amides is 2. The molecule has 0 radical (unpaired) electrons. The highest BCUT2D eigenvalue weighted by Crippen LogP contribution is 2.17. The third kappa shape index (κ3) is 6.72. The molecule has 0 saturated carbocycles. The Morgan fingerprint density at radius 1 is 1.00 bits per heavy atom. The molecule has 0 bridgehead atoms. The van der Waals surface area contributed by atoms with E-state index in [0.29, 0.717) is 45.9 Å². The summed E-state index contributed by atoms with van der Waals surface area (Å²) < 4.78 is 35.2. The summed E-state index contributed by atoms with van der Waals surface area (Å²) in [5, 5.41) is 3.16. The summed E-state index contributed by atoms with van der Waals surface area (Å²) in [6.45, 7) is 9.16. The van der Waals surface area contributed by atoms with Crippen molar-refractivity contribution in [3.05, 3.63) is 35.9 Å². The quantitative estimate of drug-likeness (QED) is 0.577. The summed E-state index contributed by atoms with van der Waals surface area (Å²) in [6.07, 6.45) is 0.702. The van der Waals surface area contributed by atoms with Gasteiger partial charge in [0.15, 0.2) is 0 Å². The fraction of sp³-hybridized carbons (Fsp3) is 0.708. The molecular weight excluding hydrogens is 468 g/mol. The lowest BCUT2D eigenvalue weighted by molar-refractivity contribution is -0.0483. The Balaban J connectivity index is 1.26. The van der Waals surface area contributed by atoms with E-state index in [-0.39, 0.29) is 18.2 Å². The van der Waals surface area contributed by atoms with Gasteiger partial charge in [-0.2, -0.15) is 17.0 Å². The zero-order valence-electron chi connectivity index (χ0n) is 21.0. The second-order valence-corrected chi connectivity index (χ2v) is 11.6. The molecule has 3 heterocycles. The zero-order valence-corrected chi connectivity index (χ0v) is 21.8. The summed E-state index contributed by atoms with van der Waals surface area (Å²) in [5.41, 5.74) is 1.27. The number of likely N-dealkylation sites (N-methyl/N-ethyl adjacent to an activating group) is 1. The highest BCUT2D eigenvalue weighted by atomic mass is 32.2. The van der Waals surface area contributed by atoms with Crippen LogP contribution in [-0.2, 0) is 21.5 Å². The van der Waals surface area contributed by atoms with Crippen LogP contribution in [0.15, 0.2) is 30.3 Å². The van der Waals surface area contributed by atoms with E-state index in [0.717, 1.165) is 39.1 Å². The first-order valence-electron chi connectivity index (χ1n) is 12.7. The van der Waals surface area contributed by atoms with Crippen LogP contribution in [0.25, 0.3) is 0 Å². The first-order valence-corrected chi connectivity index (χ1v) is 14.1. The van der Waals surface area contributed by atoms with Crippen LogP contribution in [0.5, 0.6) is 0 Å². The molecule has 196 valence electrons. The van der Waals surface area contributed by atoms with Gasteiger partial charge in [0, 0.05) is 72.0 Å². The van der Waals surface area contributed by atoms with E-state index in [2.05, 4.69) is 46.3 Å². The topological polar surface area (TPSA) is 88.7 Å². The van der Waals surface area contributed by atoms with Gasteiger partial charge in [0.2, 0.25) is 0 Å². The predicted molar refractivity (Wildman–Crippen MR) is 135 cm³/mol. The van der Waals surface area contributed by atoms with E-state index in [1.807, 2.05) is 13.1 Å². The number of nitrogens with one attached hydrogen (secondary N) is 1. The molecule has 3 saturated heterocycles. The highest BCUT2D eigenvalue weighted by molar-refractivity contribution is 7.86. The van der Waals surface area contributed by atoms with E-state index >= 15 is 0 Å². The molecule has 2 amide bonds. The van der Waals surface area contributed by atoms with Crippen LogP contribution in [0.2, 0.25) is 0 Å². The molecule has 1 N–H and O–H groups in total. The first-order chi connectivity index (χ1) is 16.9. The average molecular weight is 509 g/mol. The van der Waals surface area contributed by atoms with Crippen molar-refractivity contribution in [2.24, 2.45) is 0 Å². The zero-order chi connectivity index (χ0) is 24.8. The lowest BCUT2D eigenvalue weighted by atomic mass is 10.1. The Kier molecular flexibility index (Phi) is 9.01. The number of rotatable bonds is 7. The number of piperazine rings is 2. The molecule has 11 heteroatoms. The molecule has 10 nitrogen and oxygen atoms in total. The Hall–Kier alpha value is -1.76. The van der Waals surface area contributed by atoms with Crippen molar-refractivity contribution < 1.29 is 17.9 Å². The van der Waals surface area contributed by atoms with Gasteiger partial charge >= 0.3 is 6.03 Å². The van der Waals surface area contributed by atoms with Gasteiger partial charge in [0.25, 0.3) is 10.2 Å². The van der Waals surface area contributed by atoms with Gasteiger partial charge < -0.3 is 19.9 Å². The normalized spacial score (nSPS) is 24.9. The second-order valence-electron chi connectivity index (χ2n) is 9.69. The Morgan fingerprint density at radius 2 is 1.63 bits per heavy atom. The van der Waals surface area contributed by atoms with E-state index in [1.165, 1.54) is 9.87 Å². The molecule has 1 aromatic carbocycles. The molecule has 0 spiro atoms. The van der Waals surface area contributed by atoms with Gasteiger partial charge in [-0.1, -0.05) is 37.3 Å². The number of carbonyl (C=O) groups is 1. The molecule has 0 aliphatic carbocycles. The summed E-state index contributed by atoms with van der Waals surface area (Å²) >= 11 is 0. The number of carbonyl (C=O) groups excluding carboxylic acids is 1. The molecule has 1 aromatic rings. The summed E-state index contributed by atoms with van der Waals surface area (Å²) in [6, 6.07) is 10.2. The molecule has 4 rings (SSSR count). The van der Waals surface area contributed by atoms with Crippen molar-refractivity contribution in [2.75, 3.05) is 79.1 Å². The molecule has 3 aliphatic rings. The Morgan fingerprint density at radius 3 is 2.26 bits per heavy atom. The lowest BCUT2D eigenvalue weighted by Gasteiger charge is -2.40. The van der Waals surface area contributed by atoms with Gasteiger partial charge in [-0.3, -0.25) is 4.90 Å². The van der Waals surface area contributed by atoms with Crippen molar-refractivity contribution in [1.29, 1.82) is 0 Å². The molecule has 35 heavy (non-hydrogen) atoms. The number of morpholine rings is 1. The van der Waals surface area contributed by atoms with Crippen molar-refractivity contribution >= 4 is 16.2 Å². The minimum Gasteiger partial charge on any atom is -0.373 e. The Bertz CT molecular complexity index is 917. The first kappa shape index (κ1) is 26.3. The van der Waals surface area contributed by atoms with Crippen LogP contribution < -0.4 is 5.32 Å². The van der Waals surface area contributed by atoms with Crippen molar-refractivity contribution in [1.82, 2.24) is 28.6 Å². The van der Waals surface area contributed by atoms with Crippen LogP contribution in [-0.4, -0.2) is 129 Å². The van der Waals surface area contributed by atoms with Crippen LogP contribution in [0.3, 0.4) is 0 Å². The third-order valence-electron chi connectivity index (χ3n) is 7.26. The van der Waals surface area contributed by atoms with Crippen molar-refractivity contribution in [3.8, 4) is 0 Å². The minimum absolute atomic E-state index is 0.0692. The largest absolute Gasteiger partial charge is 0.373 e. The van der Waals surface area contributed by atoms with Gasteiger partial charge in [-0.05, 0) is 19.0 Å². The number of urea groups is 1. The fourth-order valence-corrected chi connectivity index (χ4v) is 6.55. The SMILES string of the molecule is CCC(NC(=O)N1CCN(S(=O)(=O)N2CCN(C)CC2)CC1)C1CN(Cc2ccccc2)CCO1. The number of nitrogens with zero attached hydrogens (tertiary/aromatic N) is 5. The average Bonchev–Trinajstić information content (AvgIpc) is 2.88. The number of benzene rings is 1. The summed E-state index contributed by atoms with van der Waals surface area (Å²) in [5.74, 6) is 0. The predicted octanol–water partition coefficient (Wildman–Crippen LogP) is 0.485. The number of hydrogen-bond donors (Lipinski definition) is 1. The molecular formula is C24H40N6O4S. The van der Waals surface area contributed by atoms with E-state index in [4.69, 9.17) is 4.74 Å². The molecule has 2 unspecified atom stereocenters. The molecule has 2 atom stereocenters. The van der Waals surface area contributed by atoms with Gasteiger partial charge in [-0.25, -0.2) is 4.79 Å². The summed E-state index contributed by atoms with van der Waals surface area (Å²) in [7, 11) is -1.47. The fourth-order valence-electron chi connectivity index (χ4n) is 4.97. The smallest absolute Gasteiger partial charge is 0.317 e. The third-order valence-corrected chi connectivity index (χ3v) is 9.30. The van der Waals surface area contributed by atoms with Gasteiger partial charge in [-0.15, -0.1) is 0 Å². The maximum absolute atomic E-state index is 13.0. The Labute approximate surface area is 210 Å². The maximum atomic E-state index is 13.0. The maximum Gasteiger partial charge on any atom is 0.317 e. The second kappa shape index (κ2) is 12.0. The molecule has 0 aromatic heterocycles. The highest BCUT2D eigenvalue weighted by Gasteiger charge is 2.36. The van der Waals surface area contributed by atoms with Crippen LogP contribution >= 0.6 is 0 Å². The molecule has 3 aliphatic heterocycles. The van der Waals surface area contributed by atoms with Crippen molar-refractivity contribution in [2.45, 2.75) is 32.0 Å². The van der Waals surface area contributed by atoms with E-state index < -0.39 is 10.2 Å². The monoisotopic (exact) mass is 508 g/mol. The van der Waals surface area contributed by atoms with E-state index in [1.54, 1.807) is 9.21 Å². The van der Waals surface area contributed by atoms with Gasteiger partial charge in [0.05, 0.1) is 18.8 Å². The minimum atomic E-state index is -3.48.